The van der Waals surface area contributed by atoms with Gasteiger partial charge in [0.05, 0.1) is 12.8 Å². The summed E-state index contributed by atoms with van der Waals surface area (Å²) in [6.45, 7) is 6.86. The van der Waals surface area contributed by atoms with Crippen LogP contribution >= 0.6 is 12.2 Å². The molecule has 2 aromatic rings. The second kappa shape index (κ2) is 8.48. The number of hydrazine groups is 1. The van der Waals surface area contributed by atoms with E-state index in [-0.39, 0.29) is 5.91 Å². The van der Waals surface area contributed by atoms with Gasteiger partial charge in [-0.25, -0.2) is 0 Å². The SMILES string of the molecule is CCn1nc(C)c(C)c1C(=O)NNC(=S)NCc1ccc(OC)cc1. The average molecular weight is 361 g/mol. The van der Waals surface area contributed by atoms with Crippen LogP contribution in [0.4, 0.5) is 0 Å². The van der Waals surface area contributed by atoms with Crippen LogP contribution in [0, 0.1) is 13.8 Å². The molecule has 1 amide bonds. The normalized spacial score (nSPS) is 10.2. The Labute approximate surface area is 152 Å². The number of hydrogen-bond acceptors (Lipinski definition) is 4. The van der Waals surface area contributed by atoms with Crippen LogP contribution in [0.1, 0.15) is 34.2 Å². The van der Waals surface area contributed by atoms with E-state index in [9.17, 15) is 4.79 Å². The second-order valence-corrected chi connectivity index (χ2v) is 5.89. The van der Waals surface area contributed by atoms with E-state index >= 15 is 0 Å². The Kier molecular flexibility index (Phi) is 6.35. The zero-order valence-electron chi connectivity index (χ0n) is 14.8. The highest BCUT2D eigenvalue weighted by Gasteiger charge is 2.18. The van der Waals surface area contributed by atoms with Crippen molar-refractivity contribution in [2.24, 2.45) is 0 Å². The third-order valence-electron chi connectivity index (χ3n) is 3.84. The number of aryl methyl sites for hydroxylation is 2. The fourth-order valence-corrected chi connectivity index (χ4v) is 2.45. The van der Waals surface area contributed by atoms with E-state index in [4.69, 9.17) is 17.0 Å². The van der Waals surface area contributed by atoms with Crippen molar-refractivity contribution < 1.29 is 9.53 Å². The summed E-state index contributed by atoms with van der Waals surface area (Å²) in [5.74, 6) is 0.531. The number of amides is 1. The number of thiocarbonyl (C=S) groups is 1. The van der Waals surface area contributed by atoms with Crippen LogP contribution in [0.5, 0.6) is 5.75 Å². The Hall–Kier alpha value is -2.61. The Bertz CT molecular complexity index is 755. The van der Waals surface area contributed by atoms with Crippen molar-refractivity contribution in [3.8, 4) is 5.75 Å². The molecule has 0 aliphatic heterocycles. The Balaban J connectivity index is 1.86. The minimum atomic E-state index is -0.270. The van der Waals surface area contributed by atoms with Crippen molar-refractivity contribution in [2.75, 3.05) is 7.11 Å². The fourth-order valence-electron chi connectivity index (χ4n) is 2.33. The van der Waals surface area contributed by atoms with E-state index in [1.165, 1.54) is 0 Å². The van der Waals surface area contributed by atoms with E-state index in [1.807, 2.05) is 45.0 Å². The lowest BCUT2D eigenvalue weighted by Crippen LogP contribution is -2.47. The number of ether oxygens (including phenoxy) is 1. The number of hydrogen-bond donors (Lipinski definition) is 3. The Morgan fingerprint density at radius 2 is 1.92 bits per heavy atom. The first kappa shape index (κ1) is 18.7. The molecule has 0 aliphatic carbocycles. The third kappa shape index (κ3) is 4.69. The van der Waals surface area contributed by atoms with Crippen molar-refractivity contribution in [3.63, 3.8) is 0 Å². The van der Waals surface area contributed by atoms with Crippen molar-refractivity contribution in [1.29, 1.82) is 0 Å². The fraction of sp³-hybridized carbons (Fsp3) is 0.353. The highest BCUT2D eigenvalue weighted by molar-refractivity contribution is 7.80. The number of methoxy groups -OCH3 is 1. The molecule has 3 N–H and O–H groups in total. The monoisotopic (exact) mass is 361 g/mol. The summed E-state index contributed by atoms with van der Waals surface area (Å²) < 4.78 is 6.79. The lowest BCUT2D eigenvalue weighted by Gasteiger charge is -2.13. The van der Waals surface area contributed by atoms with Crippen LogP contribution in [0.3, 0.4) is 0 Å². The molecule has 0 bridgehead atoms. The molecule has 0 aliphatic rings. The molecule has 1 aromatic heterocycles. The summed E-state index contributed by atoms with van der Waals surface area (Å²) in [6, 6.07) is 7.65. The van der Waals surface area contributed by atoms with Gasteiger partial charge in [0.15, 0.2) is 5.11 Å². The molecule has 0 unspecified atom stereocenters. The van der Waals surface area contributed by atoms with Gasteiger partial charge in [0.25, 0.3) is 5.91 Å². The van der Waals surface area contributed by atoms with Gasteiger partial charge in [-0.1, -0.05) is 12.1 Å². The molecule has 0 atom stereocenters. The van der Waals surface area contributed by atoms with E-state index < -0.39 is 0 Å². The van der Waals surface area contributed by atoms with Crippen LogP contribution in [-0.2, 0) is 13.1 Å². The average Bonchev–Trinajstić information content (AvgIpc) is 2.92. The Morgan fingerprint density at radius 3 is 2.52 bits per heavy atom. The lowest BCUT2D eigenvalue weighted by molar-refractivity contribution is 0.0932. The van der Waals surface area contributed by atoms with Crippen LogP contribution in [0.15, 0.2) is 24.3 Å². The van der Waals surface area contributed by atoms with Gasteiger partial charge in [0.2, 0.25) is 0 Å². The van der Waals surface area contributed by atoms with Crippen LogP contribution < -0.4 is 20.9 Å². The maximum Gasteiger partial charge on any atom is 0.288 e. The van der Waals surface area contributed by atoms with E-state index in [2.05, 4.69) is 21.3 Å². The number of nitrogens with zero attached hydrogens (tertiary/aromatic N) is 2. The maximum absolute atomic E-state index is 12.4. The smallest absolute Gasteiger partial charge is 0.288 e. The number of nitrogens with one attached hydrogen (secondary N) is 3. The maximum atomic E-state index is 12.4. The molecule has 0 radical (unpaired) electrons. The van der Waals surface area contributed by atoms with E-state index in [0.29, 0.717) is 23.9 Å². The summed E-state index contributed by atoms with van der Waals surface area (Å²) >= 11 is 5.19. The molecular weight excluding hydrogens is 338 g/mol. The molecule has 134 valence electrons. The first-order valence-corrected chi connectivity index (χ1v) is 8.38. The first-order valence-electron chi connectivity index (χ1n) is 7.97. The van der Waals surface area contributed by atoms with Crippen molar-refractivity contribution >= 4 is 23.2 Å². The van der Waals surface area contributed by atoms with E-state index in [0.717, 1.165) is 22.6 Å². The Morgan fingerprint density at radius 1 is 1.24 bits per heavy atom. The van der Waals surface area contributed by atoms with Crippen LogP contribution in [0.25, 0.3) is 0 Å². The van der Waals surface area contributed by atoms with E-state index in [1.54, 1.807) is 11.8 Å². The lowest BCUT2D eigenvalue weighted by atomic mass is 10.2. The van der Waals surface area contributed by atoms with Crippen LogP contribution in [0.2, 0.25) is 0 Å². The summed E-state index contributed by atoms with van der Waals surface area (Å²) in [5, 5.41) is 7.70. The molecule has 25 heavy (non-hydrogen) atoms. The van der Waals surface area contributed by atoms with Gasteiger partial charge in [0.1, 0.15) is 11.4 Å². The molecule has 0 fully saturated rings. The molecule has 1 aromatic carbocycles. The van der Waals surface area contributed by atoms with Gasteiger partial charge < -0.3 is 10.1 Å². The molecule has 0 spiro atoms. The predicted octanol–water partition coefficient (Wildman–Crippen LogP) is 1.84. The zero-order chi connectivity index (χ0) is 18.4. The number of carbonyl (C=O) groups excluding carboxylic acids is 1. The highest BCUT2D eigenvalue weighted by Crippen LogP contribution is 2.12. The molecule has 1 heterocycles. The quantitative estimate of drug-likeness (QED) is 0.557. The minimum absolute atomic E-state index is 0.270. The first-order chi connectivity index (χ1) is 12.0. The van der Waals surface area contributed by atoms with Crippen molar-refractivity contribution in [1.82, 2.24) is 25.9 Å². The van der Waals surface area contributed by atoms with Gasteiger partial charge in [-0.2, -0.15) is 5.10 Å². The molecule has 0 saturated heterocycles. The third-order valence-corrected chi connectivity index (χ3v) is 4.09. The topological polar surface area (TPSA) is 80.2 Å². The second-order valence-electron chi connectivity index (χ2n) is 5.48. The van der Waals surface area contributed by atoms with Gasteiger partial charge in [-0.3, -0.25) is 20.3 Å². The zero-order valence-corrected chi connectivity index (χ0v) is 15.7. The van der Waals surface area contributed by atoms with Gasteiger partial charge >= 0.3 is 0 Å². The summed E-state index contributed by atoms with van der Waals surface area (Å²) in [4.78, 5) is 12.4. The molecule has 2 rings (SSSR count). The molecule has 7 nitrogen and oxygen atoms in total. The van der Waals surface area contributed by atoms with Gasteiger partial charge in [0, 0.05) is 18.7 Å². The summed E-state index contributed by atoms with van der Waals surface area (Å²) in [6.07, 6.45) is 0. The predicted molar refractivity (Wildman–Crippen MR) is 100 cm³/mol. The van der Waals surface area contributed by atoms with Crippen molar-refractivity contribution in [2.45, 2.75) is 33.9 Å². The van der Waals surface area contributed by atoms with Crippen LogP contribution in [-0.4, -0.2) is 27.9 Å². The van der Waals surface area contributed by atoms with Crippen molar-refractivity contribution in [3.05, 3.63) is 46.8 Å². The number of benzene rings is 1. The summed E-state index contributed by atoms with van der Waals surface area (Å²) in [5.41, 5.74) is 8.61. The molecule has 8 heteroatoms. The van der Waals surface area contributed by atoms with Gasteiger partial charge in [-0.15, -0.1) is 0 Å². The standard InChI is InChI=1S/C17H23N5O2S/c1-5-22-15(11(2)12(3)21-22)16(23)19-20-17(25)18-10-13-6-8-14(24-4)9-7-13/h6-9H,5,10H2,1-4H3,(H,19,23)(H2,18,20,25). The van der Waals surface area contributed by atoms with Gasteiger partial charge in [-0.05, 0) is 50.7 Å². The number of aromatic nitrogens is 2. The summed E-state index contributed by atoms with van der Waals surface area (Å²) in [7, 11) is 1.63. The molecule has 0 saturated carbocycles. The highest BCUT2D eigenvalue weighted by atomic mass is 32.1. The number of rotatable bonds is 5. The molecular formula is C17H23N5O2S. The largest absolute Gasteiger partial charge is 0.497 e. The minimum Gasteiger partial charge on any atom is -0.497 e. The number of carbonyl (C=O) groups is 1.